The fourth-order valence-corrected chi connectivity index (χ4v) is 20.1. The van der Waals surface area contributed by atoms with Crippen molar-refractivity contribution < 1.29 is 0 Å². The predicted molar refractivity (Wildman–Crippen MR) is 522 cm³/mol. The first kappa shape index (κ1) is 71.1. The van der Waals surface area contributed by atoms with Gasteiger partial charge in [-0.15, -0.1) is 0 Å². The molecule has 0 aliphatic carbocycles. The highest BCUT2D eigenvalue weighted by molar-refractivity contribution is 7.00. The van der Waals surface area contributed by atoms with Crippen LogP contribution in [0, 0.1) is 0 Å². The number of hydrogen-bond acceptors (Lipinski definition) is 3. The Bertz CT molecular complexity index is 7540. The summed E-state index contributed by atoms with van der Waals surface area (Å²) in [6.45, 7) is -0.384. The van der Waals surface area contributed by atoms with Crippen molar-refractivity contribution in [1.82, 2.24) is 4.57 Å². The van der Waals surface area contributed by atoms with Crippen LogP contribution in [0.4, 0.5) is 51.2 Å². The van der Waals surface area contributed by atoms with Crippen LogP contribution in [0.3, 0.4) is 0 Å². The van der Waals surface area contributed by atoms with E-state index in [-0.39, 0.29) is 6.71 Å². The van der Waals surface area contributed by atoms with E-state index >= 15 is 0 Å². The molecule has 0 bridgehead atoms. The van der Waals surface area contributed by atoms with Crippen molar-refractivity contribution >= 4 is 128 Å². The van der Waals surface area contributed by atoms with Crippen LogP contribution in [0.15, 0.2) is 467 Å². The van der Waals surface area contributed by atoms with Crippen molar-refractivity contribution in [3.05, 3.63) is 467 Å². The third-order valence-corrected chi connectivity index (χ3v) is 25.7. The molecule has 21 aromatic carbocycles. The van der Waals surface area contributed by atoms with E-state index in [9.17, 15) is 0 Å². The summed E-state index contributed by atoms with van der Waals surface area (Å²) >= 11 is 0. The molecule has 4 nitrogen and oxygen atoms in total. The lowest BCUT2D eigenvalue weighted by Crippen LogP contribution is -2.61. The summed E-state index contributed by atoms with van der Waals surface area (Å²) in [6.07, 6.45) is 0. The summed E-state index contributed by atoms with van der Waals surface area (Å²) in [5.74, 6) is 0. The van der Waals surface area contributed by atoms with E-state index in [1.807, 2.05) is 0 Å². The Morgan fingerprint density at radius 2 is 0.561 bits per heavy atom. The Balaban J connectivity index is 0.890. The molecule has 22 aromatic rings. The zero-order chi connectivity index (χ0) is 81.0. The van der Waals surface area contributed by atoms with Crippen LogP contribution >= 0.6 is 0 Å². The normalized spacial score (nSPS) is 12.2. The van der Waals surface area contributed by atoms with Gasteiger partial charge in [0.2, 0.25) is 0 Å². The van der Waals surface area contributed by atoms with Gasteiger partial charge in [-0.1, -0.05) is 376 Å². The Morgan fingerprint density at radius 1 is 0.195 bits per heavy atom. The summed E-state index contributed by atoms with van der Waals surface area (Å²) in [5, 5.41) is 9.92. The van der Waals surface area contributed by atoms with Crippen LogP contribution in [0.25, 0.3) is 160 Å². The molecule has 5 heteroatoms. The molecule has 0 saturated heterocycles. The van der Waals surface area contributed by atoms with Gasteiger partial charge in [-0.2, -0.15) is 0 Å². The van der Waals surface area contributed by atoms with Gasteiger partial charge in [0.15, 0.2) is 0 Å². The Hall–Kier alpha value is -16.1. The van der Waals surface area contributed by atoms with Crippen LogP contribution < -0.4 is 31.1 Å². The quantitative estimate of drug-likeness (QED) is 0.0751. The zero-order valence-corrected chi connectivity index (χ0v) is 67.3. The second kappa shape index (κ2) is 29.5. The molecule has 0 amide bonds. The van der Waals surface area contributed by atoms with Crippen LogP contribution in [0.1, 0.15) is 0 Å². The zero-order valence-electron chi connectivity index (χ0n) is 67.3. The first-order valence-electron chi connectivity index (χ1n) is 42.5. The van der Waals surface area contributed by atoms with Crippen LogP contribution in [0.2, 0.25) is 0 Å². The molecule has 2 aliphatic rings. The molecule has 0 saturated carbocycles. The summed E-state index contributed by atoms with van der Waals surface area (Å²) in [5.41, 5.74) is 36.4. The molecule has 0 fully saturated rings. The Morgan fingerprint density at radius 3 is 1.01 bits per heavy atom. The molecule has 0 N–H and O–H groups in total. The highest BCUT2D eigenvalue weighted by atomic mass is 15.2. The van der Waals surface area contributed by atoms with Gasteiger partial charge in [0.1, 0.15) is 0 Å². The van der Waals surface area contributed by atoms with E-state index in [4.69, 9.17) is 0 Å². The number of aromatic nitrogens is 1. The molecule has 3 heterocycles. The Labute approximate surface area is 715 Å². The highest BCUT2D eigenvalue weighted by Gasteiger charge is 2.47. The molecule has 0 unspecified atom stereocenters. The fourth-order valence-electron chi connectivity index (χ4n) is 20.1. The largest absolute Gasteiger partial charge is 0.310 e. The molecular weight excluding hydrogens is 1480 g/mol. The van der Waals surface area contributed by atoms with Crippen molar-refractivity contribution in [1.29, 1.82) is 0 Å². The molecule has 572 valence electrons. The van der Waals surface area contributed by atoms with E-state index in [1.54, 1.807) is 0 Å². The summed E-state index contributed by atoms with van der Waals surface area (Å²) in [4.78, 5) is 7.95. The number of hydrogen-bond donors (Lipinski definition) is 0. The lowest BCUT2D eigenvalue weighted by Gasteiger charge is -2.46. The van der Waals surface area contributed by atoms with Crippen molar-refractivity contribution in [2.75, 3.05) is 14.7 Å². The predicted octanol–water partition coefficient (Wildman–Crippen LogP) is 30.2. The van der Waals surface area contributed by atoms with Crippen molar-refractivity contribution in [2.45, 2.75) is 0 Å². The van der Waals surface area contributed by atoms with E-state index in [1.165, 1.54) is 65.0 Å². The lowest BCUT2D eigenvalue weighted by atomic mass is 9.33. The van der Waals surface area contributed by atoms with Gasteiger partial charge in [0, 0.05) is 72.8 Å². The number of fused-ring (bicyclic) bond motifs is 7. The molecular formula is C118H77BN4. The minimum atomic E-state index is -0.384. The molecule has 0 atom stereocenters. The topological polar surface area (TPSA) is 14.7 Å². The van der Waals surface area contributed by atoms with Gasteiger partial charge < -0.3 is 19.3 Å². The maximum absolute atomic E-state index is 2.73. The number of anilines is 9. The van der Waals surface area contributed by atoms with Crippen LogP contribution in [-0.2, 0) is 0 Å². The standard InChI is InChI=1S/C118H77BN4/c1-9-30-78(31-10-1)82-54-61-94(62-55-82)120(95-63-56-83(57-64-95)79-32-11-2-12-33-79)97-76-112-116-113(77-97)123(118-104(86-42-21-7-22-43-86)72-93(81-36-15-4-16-37-81)73-105(118)87-44-23-8-24-45-87)111-75-96(121-108-50-27-25-48-99(108)100-49-26-28-51-109(100)121)65-68-106(111)119(116)107-74-91(98-66-58-90-53-52-88-46-29-47-89-59-67-101(98)115(90)114(88)89)60-69-110(107)122(112)117-102(84-38-17-5-18-39-84)70-92(80-34-13-3-14-35-80)71-103(117)85-40-19-6-20-41-85/h1-77H. The second-order valence-electron chi connectivity index (χ2n) is 32.6. The average molecular weight is 1560 g/mol. The maximum atomic E-state index is 2.73. The lowest BCUT2D eigenvalue weighted by molar-refractivity contribution is 1.17. The number of para-hydroxylation sites is 2. The molecule has 1 aromatic heterocycles. The summed E-state index contributed by atoms with van der Waals surface area (Å²) in [7, 11) is 0. The highest BCUT2D eigenvalue weighted by Crippen LogP contribution is 2.57. The van der Waals surface area contributed by atoms with Crippen LogP contribution in [0.5, 0.6) is 0 Å². The van der Waals surface area contributed by atoms with Gasteiger partial charge in [-0.25, -0.2) is 0 Å². The van der Waals surface area contributed by atoms with E-state index < -0.39 is 0 Å². The van der Waals surface area contributed by atoms with Gasteiger partial charge >= 0.3 is 0 Å². The maximum Gasteiger partial charge on any atom is 0.252 e. The number of rotatable bonds is 15. The van der Waals surface area contributed by atoms with Gasteiger partial charge in [-0.3, -0.25) is 0 Å². The Kier molecular flexibility index (Phi) is 17.0. The van der Waals surface area contributed by atoms with Gasteiger partial charge in [0.05, 0.1) is 28.1 Å². The minimum absolute atomic E-state index is 0.384. The van der Waals surface area contributed by atoms with Crippen molar-refractivity contribution in [3.63, 3.8) is 0 Å². The van der Waals surface area contributed by atoms with Gasteiger partial charge in [0.25, 0.3) is 6.71 Å². The summed E-state index contributed by atoms with van der Waals surface area (Å²) < 4.78 is 2.51. The number of benzene rings is 21. The third-order valence-electron chi connectivity index (χ3n) is 25.7. The smallest absolute Gasteiger partial charge is 0.252 e. The molecule has 2 aliphatic heterocycles. The SMILES string of the molecule is c1ccc(-c2ccc(N(c3ccc(-c4ccccc4)cc3)c3cc4c5c(c3)N(c3c(-c6ccccc6)cc(-c6ccccc6)cc3-c3ccccc3)c3cc(-n6c7ccccc7c7ccccc76)ccc3B5c3cc(-c5ccc6ccc7cccc8ccc5c6c78)ccc3N4c3c(-c4ccccc4)cc(-c4ccccc4)cc3-c3ccccc3)cc2)cc1. The fraction of sp³-hybridized carbons (Fsp3) is 0. The van der Waals surface area contributed by atoms with Crippen molar-refractivity contribution in [2.24, 2.45) is 0 Å². The van der Waals surface area contributed by atoms with E-state index in [2.05, 4.69) is 486 Å². The number of nitrogens with zero attached hydrogens (tertiary/aromatic N) is 4. The third kappa shape index (κ3) is 12.0. The van der Waals surface area contributed by atoms with E-state index in [0.717, 1.165) is 162 Å². The second-order valence-corrected chi connectivity index (χ2v) is 32.6. The molecule has 24 rings (SSSR count). The first-order chi connectivity index (χ1) is 61.0. The molecule has 0 spiro atoms. The van der Waals surface area contributed by atoms with Crippen molar-refractivity contribution in [3.8, 4) is 106 Å². The summed E-state index contributed by atoms with van der Waals surface area (Å²) in [6, 6.07) is 175. The minimum Gasteiger partial charge on any atom is -0.310 e. The first-order valence-corrected chi connectivity index (χ1v) is 42.5. The molecule has 0 radical (unpaired) electrons. The van der Waals surface area contributed by atoms with E-state index in [0.29, 0.717) is 0 Å². The van der Waals surface area contributed by atoms with Gasteiger partial charge in [-0.05, 0) is 218 Å². The molecule has 123 heavy (non-hydrogen) atoms. The van der Waals surface area contributed by atoms with Crippen LogP contribution in [-0.4, -0.2) is 11.3 Å². The average Bonchev–Trinajstić information content (AvgIpc) is 0.929. The monoisotopic (exact) mass is 1560 g/mol.